The summed E-state index contributed by atoms with van der Waals surface area (Å²) in [5, 5.41) is 5.22. The fourth-order valence-corrected chi connectivity index (χ4v) is 6.23. The fourth-order valence-electron chi connectivity index (χ4n) is 5.03. The van der Waals surface area contributed by atoms with Crippen LogP contribution in [-0.4, -0.2) is 29.1 Å². The van der Waals surface area contributed by atoms with Crippen molar-refractivity contribution >= 4 is 64.9 Å². The van der Waals surface area contributed by atoms with E-state index in [0.29, 0.717) is 62.6 Å². The molecular weight excluding hydrogens is 778 g/mol. The van der Waals surface area contributed by atoms with Crippen LogP contribution >= 0.6 is 47.8 Å². The van der Waals surface area contributed by atoms with Crippen LogP contribution in [-0.2, 0) is 6.61 Å². The van der Waals surface area contributed by atoms with E-state index in [2.05, 4.69) is 67.7 Å². The molecule has 0 N–H and O–H groups in total. The number of benzene rings is 4. The molecule has 0 saturated heterocycles. The molecule has 7 nitrogen and oxygen atoms in total. The molecule has 0 aliphatic carbocycles. The average Bonchev–Trinajstić information content (AvgIpc) is 3.03. The molecule has 0 atom stereocenters. The minimum absolute atomic E-state index is 0.194. The molecule has 5 aromatic rings. The zero-order valence-electron chi connectivity index (χ0n) is 26.2. The maximum Gasteiger partial charge on any atom is 0.282 e. The summed E-state index contributed by atoms with van der Waals surface area (Å²) >= 11 is 10.9. The van der Waals surface area contributed by atoms with Crippen LogP contribution in [0.2, 0.25) is 0 Å². The molecule has 0 bridgehead atoms. The second-order valence-electron chi connectivity index (χ2n) is 10.9. The third-order valence-corrected chi connectivity index (χ3v) is 10.0. The number of fused-ring (bicyclic) bond motifs is 1. The van der Waals surface area contributed by atoms with Crippen molar-refractivity contribution < 1.29 is 14.2 Å². The van der Waals surface area contributed by atoms with Crippen LogP contribution in [0.4, 0.5) is 0 Å². The van der Waals surface area contributed by atoms with E-state index in [0.717, 1.165) is 32.5 Å². The zero-order chi connectivity index (χ0) is 33.0. The first-order valence-corrected chi connectivity index (χ1v) is 17.4. The average molecular weight is 812 g/mol. The molecular formula is C36H34Br3N3O4. The Balaban J connectivity index is 1.63. The van der Waals surface area contributed by atoms with E-state index in [1.165, 1.54) is 4.68 Å². The topological polar surface area (TPSA) is 74.9 Å². The number of hydrogen-bond acceptors (Lipinski definition) is 6. The first-order valence-electron chi connectivity index (χ1n) is 15.0. The van der Waals surface area contributed by atoms with Crippen molar-refractivity contribution in [2.24, 2.45) is 5.10 Å². The summed E-state index contributed by atoms with van der Waals surface area (Å²) < 4.78 is 21.9. The van der Waals surface area contributed by atoms with Crippen molar-refractivity contribution in [2.45, 2.75) is 47.1 Å². The van der Waals surface area contributed by atoms with Crippen molar-refractivity contribution in [1.82, 2.24) is 9.66 Å². The lowest BCUT2D eigenvalue weighted by molar-refractivity contribution is 0.267. The Labute approximate surface area is 294 Å². The minimum Gasteiger partial charge on any atom is -0.494 e. The van der Waals surface area contributed by atoms with Gasteiger partial charge in [-0.15, -0.1) is 0 Å². The molecule has 0 aliphatic rings. The molecule has 46 heavy (non-hydrogen) atoms. The van der Waals surface area contributed by atoms with Crippen molar-refractivity contribution in [3.8, 4) is 28.6 Å². The zero-order valence-corrected chi connectivity index (χ0v) is 31.0. The maximum absolute atomic E-state index is 14.0. The van der Waals surface area contributed by atoms with E-state index in [9.17, 15) is 4.79 Å². The number of rotatable bonds is 11. The van der Waals surface area contributed by atoms with Crippen molar-refractivity contribution in [3.05, 3.63) is 113 Å². The fraction of sp³-hybridized carbons (Fsp3) is 0.250. The highest BCUT2D eigenvalue weighted by atomic mass is 79.9. The largest absolute Gasteiger partial charge is 0.494 e. The Kier molecular flexibility index (Phi) is 11.0. The second kappa shape index (κ2) is 15.0. The van der Waals surface area contributed by atoms with Gasteiger partial charge in [0.25, 0.3) is 5.56 Å². The first-order chi connectivity index (χ1) is 22.1. The predicted octanol–water partition coefficient (Wildman–Crippen LogP) is 10.0. The van der Waals surface area contributed by atoms with Crippen molar-refractivity contribution in [3.63, 3.8) is 0 Å². The quantitative estimate of drug-likeness (QED) is 0.124. The van der Waals surface area contributed by atoms with Gasteiger partial charge in [0.2, 0.25) is 0 Å². The van der Waals surface area contributed by atoms with Gasteiger partial charge in [-0.1, -0.05) is 54.0 Å². The molecule has 0 aliphatic heterocycles. The minimum atomic E-state index is -0.272. The van der Waals surface area contributed by atoms with Gasteiger partial charge in [0.15, 0.2) is 17.3 Å². The summed E-state index contributed by atoms with van der Waals surface area (Å²) in [5.74, 6) is 2.57. The number of hydrogen-bond donors (Lipinski definition) is 0. The summed E-state index contributed by atoms with van der Waals surface area (Å²) in [6.07, 6.45) is 1.63. The molecule has 238 valence electrons. The number of aryl methyl sites for hydroxylation is 1. The Morgan fingerprint density at radius 1 is 0.891 bits per heavy atom. The van der Waals surface area contributed by atoms with Crippen LogP contribution in [0.5, 0.6) is 17.2 Å². The number of nitrogens with zero attached hydrogens (tertiary/aromatic N) is 3. The predicted molar refractivity (Wildman–Crippen MR) is 196 cm³/mol. The summed E-state index contributed by atoms with van der Waals surface area (Å²) in [6, 6.07) is 21.2. The molecule has 0 saturated carbocycles. The highest BCUT2D eigenvalue weighted by molar-refractivity contribution is 9.13. The highest BCUT2D eigenvalue weighted by Crippen LogP contribution is 2.43. The number of aromatic nitrogens is 2. The molecule has 4 aromatic carbocycles. The lowest BCUT2D eigenvalue weighted by atomic mass is 9.96. The molecule has 1 aromatic heterocycles. The lowest BCUT2D eigenvalue weighted by Crippen LogP contribution is -2.21. The van der Waals surface area contributed by atoms with Crippen molar-refractivity contribution in [1.29, 1.82) is 0 Å². The standard InChI is InChI=1S/C36H34Br3N3O4/c1-6-44-30-16-22(5)28(18-27(30)21(3)4)35-41-29-11-9-8-10-26(29)36(43)42(35)40-19-24-17-31(45-7-2)34(33(39)32(24)38)46-20-23-12-14-25(37)15-13-23/h8-19,21H,6-7,20H2,1-5H3. The smallest absolute Gasteiger partial charge is 0.282 e. The molecule has 1 heterocycles. The van der Waals surface area contributed by atoms with Crippen LogP contribution in [0, 0.1) is 6.92 Å². The van der Waals surface area contributed by atoms with E-state index < -0.39 is 0 Å². The van der Waals surface area contributed by atoms with Gasteiger partial charge >= 0.3 is 0 Å². The molecule has 0 fully saturated rings. The molecule has 5 rings (SSSR count). The summed E-state index contributed by atoms with van der Waals surface area (Å²) in [5.41, 5.74) is 4.79. The molecule has 0 spiro atoms. The number of para-hydroxylation sites is 1. The normalized spacial score (nSPS) is 11.5. The van der Waals surface area contributed by atoms with E-state index in [4.69, 9.17) is 24.3 Å². The Morgan fingerprint density at radius 2 is 1.59 bits per heavy atom. The Hall–Kier alpha value is -3.47. The molecule has 10 heteroatoms. The SMILES string of the molecule is CCOc1cc(C)c(-c2nc3ccccc3c(=O)n2N=Cc2cc(OCC)c(OCc3ccc(Br)cc3)c(Br)c2Br)cc1C(C)C. The monoisotopic (exact) mass is 809 g/mol. The van der Waals surface area contributed by atoms with Gasteiger partial charge in [0, 0.05) is 20.1 Å². The molecule has 0 radical (unpaired) electrons. The lowest BCUT2D eigenvalue weighted by Gasteiger charge is -2.18. The van der Waals surface area contributed by atoms with Gasteiger partial charge in [-0.25, -0.2) is 4.98 Å². The number of halogens is 3. The first kappa shape index (κ1) is 33.9. The second-order valence-corrected chi connectivity index (χ2v) is 13.4. The van der Waals surface area contributed by atoms with Crippen molar-refractivity contribution in [2.75, 3.05) is 13.2 Å². The van der Waals surface area contributed by atoms with E-state index in [1.807, 2.05) is 75.4 Å². The Bertz CT molecular complexity index is 1970. The third-order valence-electron chi connectivity index (χ3n) is 7.34. The molecule has 0 unspecified atom stereocenters. The van der Waals surface area contributed by atoms with Gasteiger partial charge in [0.1, 0.15) is 12.4 Å². The Morgan fingerprint density at radius 3 is 2.28 bits per heavy atom. The van der Waals surface area contributed by atoms with Gasteiger partial charge in [0.05, 0.1) is 34.8 Å². The van der Waals surface area contributed by atoms with Gasteiger partial charge in [-0.05, 0) is 118 Å². The summed E-state index contributed by atoms with van der Waals surface area (Å²) in [7, 11) is 0. The summed E-state index contributed by atoms with van der Waals surface area (Å²) in [6.45, 7) is 11.5. The molecule has 0 amide bonds. The third kappa shape index (κ3) is 7.24. The van der Waals surface area contributed by atoms with Crippen LogP contribution < -0.4 is 19.8 Å². The summed E-state index contributed by atoms with van der Waals surface area (Å²) in [4.78, 5) is 18.9. The van der Waals surface area contributed by atoms with Crippen LogP contribution in [0.3, 0.4) is 0 Å². The number of ether oxygens (including phenoxy) is 3. The van der Waals surface area contributed by atoms with E-state index >= 15 is 0 Å². The highest BCUT2D eigenvalue weighted by Gasteiger charge is 2.20. The van der Waals surface area contributed by atoms with Crippen LogP contribution in [0.25, 0.3) is 22.3 Å². The van der Waals surface area contributed by atoms with E-state index in [-0.39, 0.29) is 11.5 Å². The van der Waals surface area contributed by atoms with Crippen LogP contribution in [0.1, 0.15) is 55.9 Å². The van der Waals surface area contributed by atoms with Gasteiger partial charge < -0.3 is 14.2 Å². The van der Waals surface area contributed by atoms with Gasteiger partial charge in [-0.3, -0.25) is 4.79 Å². The van der Waals surface area contributed by atoms with Crippen LogP contribution in [0.15, 0.2) is 90.0 Å². The maximum atomic E-state index is 14.0. The van der Waals surface area contributed by atoms with E-state index in [1.54, 1.807) is 12.3 Å². The van der Waals surface area contributed by atoms with Gasteiger partial charge in [-0.2, -0.15) is 9.78 Å².